The van der Waals surface area contributed by atoms with Gasteiger partial charge in [-0.1, -0.05) is 13.0 Å². The summed E-state index contributed by atoms with van der Waals surface area (Å²) >= 11 is 0. The lowest BCUT2D eigenvalue weighted by molar-refractivity contribution is 0.544. The summed E-state index contributed by atoms with van der Waals surface area (Å²) in [7, 11) is 0. The van der Waals surface area contributed by atoms with E-state index in [0.717, 1.165) is 19.4 Å². The van der Waals surface area contributed by atoms with Crippen molar-refractivity contribution in [3.63, 3.8) is 0 Å². The van der Waals surface area contributed by atoms with Crippen LogP contribution in [-0.4, -0.2) is 12.6 Å². The van der Waals surface area contributed by atoms with Gasteiger partial charge in [-0.2, -0.15) is 0 Å². The van der Waals surface area contributed by atoms with Crippen molar-refractivity contribution in [2.45, 2.75) is 32.7 Å². The molecule has 62 valence electrons. The SMILES string of the molecule is C=CCC(CC#CC)NCC. The van der Waals surface area contributed by atoms with Crippen molar-refractivity contribution < 1.29 is 0 Å². The molecule has 0 aromatic heterocycles. The van der Waals surface area contributed by atoms with Crippen LogP contribution in [0.4, 0.5) is 0 Å². The van der Waals surface area contributed by atoms with E-state index in [-0.39, 0.29) is 0 Å². The highest BCUT2D eigenvalue weighted by Crippen LogP contribution is 1.96. The molecule has 1 heteroatoms. The first-order valence-corrected chi connectivity index (χ1v) is 4.09. The number of nitrogens with one attached hydrogen (secondary N) is 1. The Morgan fingerprint density at radius 3 is 2.82 bits per heavy atom. The van der Waals surface area contributed by atoms with Gasteiger partial charge < -0.3 is 5.32 Å². The first-order chi connectivity index (χ1) is 5.35. The van der Waals surface area contributed by atoms with Crippen LogP contribution in [0.5, 0.6) is 0 Å². The van der Waals surface area contributed by atoms with E-state index < -0.39 is 0 Å². The van der Waals surface area contributed by atoms with Crippen molar-refractivity contribution in [2.75, 3.05) is 6.54 Å². The molecule has 0 amide bonds. The van der Waals surface area contributed by atoms with Crippen LogP contribution in [0.1, 0.15) is 26.7 Å². The molecular weight excluding hydrogens is 134 g/mol. The molecule has 11 heavy (non-hydrogen) atoms. The Labute approximate surface area is 69.9 Å². The van der Waals surface area contributed by atoms with Gasteiger partial charge in [-0.25, -0.2) is 0 Å². The maximum Gasteiger partial charge on any atom is 0.0246 e. The maximum atomic E-state index is 3.70. The molecule has 1 N–H and O–H groups in total. The highest BCUT2D eigenvalue weighted by Gasteiger charge is 2.00. The smallest absolute Gasteiger partial charge is 0.0246 e. The van der Waals surface area contributed by atoms with Gasteiger partial charge in [-0.3, -0.25) is 0 Å². The van der Waals surface area contributed by atoms with E-state index in [1.165, 1.54) is 0 Å². The molecule has 0 radical (unpaired) electrons. The van der Waals surface area contributed by atoms with Crippen LogP contribution in [0.15, 0.2) is 12.7 Å². The summed E-state index contributed by atoms with van der Waals surface area (Å²) < 4.78 is 0. The molecule has 0 saturated carbocycles. The zero-order valence-electron chi connectivity index (χ0n) is 7.48. The summed E-state index contributed by atoms with van der Waals surface area (Å²) in [5.74, 6) is 5.95. The van der Waals surface area contributed by atoms with E-state index in [2.05, 4.69) is 30.7 Å². The van der Waals surface area contributed by atoms with Crippen LogP contribution in [0, 0.1) is 11.8 Å². The molecule has 0 rings (SSSR count). The van der Waals surface area contributed by atoms with Crippen molar-refractivity contribution >= 4 is 0 Å². The molecular formula is C10H17N. The predicted molar refractivity (Wildman–Crippen MR) is 50.3 cm³/mol. The Hall–Kier alpha value is -0.740. The molecule has 1 nitrogen and oxygen atoms in total. The average molecular weight is 151 g/mol. The van der Waals surface area contributed by atoms with Gasteiger partial charge in [0.15, 0.2) is 0 Å². The van der Waals surface area contributed by atoms with Crippen LogP contribution >= 0.6 is 0 Å². The minimum absolute atomic E-state index is 0.491. The maximum absolute atomic E-state index is 3.70. The summed E-state index contributed by atoms with van der Waals surface area (Å²) in [6.07, 6.45) is 3.86. The molecule has 1 atom stereocenters. The summed E-state index contributed by atoms with van der Waals surface area (Å²) in [6.45, 7) is 8.69. The topological polar surface area (TPSA) is 12.0 Å². The third-order valence-corrected chi connectivity index (χ3v) is 1.47. The number of hydrogen-bond acceptors (Lipinski definition) is 1. The molecule has 0 bridgehead atoms. The fraction of sp³-hybridized carbons (Fsp3) is 0.600. The van der Waals surface area contributed by atoms with Crippen LogP contribution in [0.2, 0.25) is 0 Å². The molecule has 0 spiro atoms. The van der Waals surface area contributed by atoms with Crippen molar-refractivity contribution in [1.29, 1.82) is 0 Å². The third kappa shape index (κ3) is 5.69. The van der Waals surface area contributed by atoms with E-state index in [1.54, 1.807) is 0 Å². The fourth-order valence-corrected chi connectivity index (χ4v) is 0.954. The second-order valence-corrected chi connectivity index (χ2v) is 2.41. The fourth-order valence-electron chi connectivity index (χ4n) is 0.954. The normalized spacial score (nSPS) is 11.5. The van der Waals surface area contributed by atoms with Crippen LogP contribution in [0.25, 0.3) is 0 Å². The highest BCUT2D eigenvalue weighted by atomic mass is 14.9. The molecule has 0 aliphatic rings. The Morgan fingerprint density at radius 1 is 1.64 bits per heavy atom. The quantitative estimate of drug-likeness (QED) is 0.468. The summed E-state index contributed by atoms with van der Waals surface area (Å²) in [6, 6.07) is 0.491. The first kappa shape index (κ1) is 10.3. The van der Waals surface area contributed by atoms with E-state index in [4.69, 9.17) is 0 Å². The van der Waals surface area contributed by atoms with Crippen LogP contribution < -0.4 is 5.32 Å². The largest absolute Gasteiger partial charge is 0.313 e. The van der Waals surface area contributed by atoms with Gasteiger partial charge >= 0.3 is 0 Å². The van der Waals surface area contributed by atoms with Gasteiger partial charge in [-0.05, 0) is 19.9 Å². The first-order valence-electron chi connectivity index (χ1n) is 4.09. The molecule has 0 heterocycles. The molecule has 0 aromatic rings. The monoisotopic (exact) mass is 151 g/mol. The average Bonchev–Trinajstić information content (AvgIpc) is 2.01. The Bertz CT molecular complexity index is 150. The minimum Gasteiger partial charge on any atom is -0.313 e. The molecule has 0 saturated heterocycles. The zero-order chi connectivity index (χ0) is 8.53. The van der Waals surface area contributed by atoms with Gasteiger partial charge in [0.1, 0.15) is 0 Å². The van der Waals surface area contributed by atoms with Gasteiger partial charge in [0.05, 0.1) is 0 Å². The molecule has 0 fully saturated rings. The minimum atomic E-state index is 0.491. The van der Waals surface area contributed by atoms with E-state index in [9.17, 15) is 0 Å². The lowest BCUT2D eigenvalue weighted by Crippen LogP contribution is -2.27. The lowest BCUT2D eigenvalue weighted by Gasteiger charge is -2.11. The summed E-state index contributed by atoms with van der Waals surface area (Å²) in [5, 5.41) is 3.34. The van der Waals surface area contributed by atoms with Gasteiger partial charge in [0, 0.05) is 12.5 Å². The molecule has 0 aliphatic heterocycles. The summed E-state index contributed by atoms with van der Waals surface area (Å²) in [4.78, 5) is 0. The van der Waals surface area contributed by atoms with Crippen molar-refractivity contribution in [1.82, 2.24) is 5.32 Å². The van der Waals surface area contributed by atoms with E-state index in [1.807, 2.05) is 13.0 Å². The predicted octanol–water partition coefficient (Wildman–Crippen LogP) is 1.95. The Morgan fingerprint density at radius 2 is 2.36 bits per heavy atom. The third-order valence-electron chi connectivity index (χ3n) is 1.47. The van der Waals surface area contributed by atoms with Crippen LogP contribution in [-0.2, 0) is 0 Å². The highest BCUT2D eigenvalue weighted by molar-refractivity contribution is 4.99. The van der Waals surface area contributed by atoms with Crippen molar-refractivity contribution in [3.05, 3.63) is 12.7 Å². The van der Waals surface area contributed by atoms with Crippen LogP contribution in [0.3, 0.4) is 0 Å². The van der Waals surface area contributed by atoms with Gasteiger partial charge in [0.2, 0.25) is 0 Å². The van der Waals surface area contributed by atoms with Gasteiger partial charge in [0.25, 0.3) is 0 Å². The number of rotatable bonds is 5. The van der Waals surface area contributed by atoms with E-state index >= 15 is 0 Å². The molecule has 0 aliphatic carbocycles. The standard InChI is InChI=1S/C10H17N/c1-4-7-9-10(8-5-2)11-6-3/h5,10-11H,2,6,8-9H2,1,3H3. The second-order valence-electron chi connectivity index (χ2n) is 2.41. The summed E-state index contributed by atoms with van der Waals surface area (Å²) in [5.41, 5.74) is 0. The Kier molecular flexibility index (Phi) is 6.87. The zero-order valence-corrected chi connectivity index (χ0v) is 7.48. The Balaban J connectivity index is 3.64. The lowest BCUT2D eigenvalue weighted by atomic mass is 10.1. The number of hydrogen-bond donors (Lipinski definition) is 1. The molecule has 0 aromatic carbocycles. The van der Waals surface area contributed by atoms with Gasteiger partial charge in [-0.15, -0.1) is 18.4 Å². The molecule has 1 unspecified atom stereocenters. The van der Waals surface area contributed by atoms with E-state index in [0.29, 0.717) is 6.04 Å². The second kappa shape index (κ2) is 7.37. The van der Waals surface area contributed by atoms with Crippen molar-refractivity contribution in [3.8, 4) is 11.8 Å². The van der Waals surface area contributed by atoms with Crippen molar-refractivity contribution in [2.24, 2.45) is 0 Å².